The molecule has 8 nitrogen and oxygen atoms in total. The second-order valence-corrected chi connectivity index (χ2v) is 6.65. The van der Waals surface area contributed by atoms with E-state index in [9.17, 15) is 19.2 Å². The zero-order valence-electron chi connectivity index (χ0n) is 14.9. The van der Waals surface area contributed by atoms with E-state index in [0.29, 0.717) is 11.1 Å². The van der Waals surface area contributed by atoms with Gasteiger partial charge in [-0.15, -0.1) is 0 Å². The van der Waals surface area contributed by atoms with Crippen LogP contribution >= 0.6 is 0 Å². The number of nitrogens with zero attached hydrogens (tertiary/aromatic N) is 1. The summed E-state index contributed by atoms with van der Waals surface area (Å²) in [6.07, 6.45) is 4.57. The molecule has 1 saturated carbocycles. The van der Waals surface area contributed by atoms with Gasteiger partial charge in [0.05, 0.1) is 11.9 Å². The third-order valence-electron chi connectivity index (χ3n) is 4.72. The number of rotatable bonds is 6. The number of aromatic nitrogens is 1. The number of amides is 2. The highest BCUT2D eigenvalue weighted by Crippen LogP contribution is 2.23. The number of carbonyl (C=O) groups excluding carboxylic acids is 3. The van der Waals surface area contributed by atoms with Crippen molar-refractivity contribution in [3.8, 4) is 0 Å². The first-order chi connectivity index (χ1) is 13.0. The molecule has 8 heteroatoms. The lowest BCUT2D eigenvalue weighted by atomic mass is 9.89. The van der Waals surface area contributed by atoms with Gasteiger partial charge in [0.25, 0.3) is 5.91 Å². The topological polar surface area (TPSA) is 108 Å². The van der Waals surface area contributed by atoms with Gasteiger partial charge < -0.3 is 9.15 Å². The van der Waals surface area contributed by atoms with Crippen molar-refractivity contribution < 1.29 is 23.5 Å². The minimum atomic E-state index is -0.634. The zero-order valence-corrected chi connectivity index (χ0v) is 14.9. The van der Waals surface area contributed by atoms with E-state index in [1.807, 2.05) is 0 Å². The molecule has 0 atom stereocenters. The molecule has 27 heavy (non-hydrogen) atoms. The first-order valence-electron chi connectivity index (χ1n) is 9.12. The maximum absolute atomic E-state index is 12.0. The van der Waals surface area contributed by atoms with Crippen LogP contribution in [0.15, 0.2) is 33.5 Å². The summed E-state index contributed by atoms with van der Waals surface area (Å²) in [5.74, 6) is -2.26. The van der Waals surface area contributed by atoms with Crippen molar-refractivity contribution in [2.45, 2.75) is 45.1 Å². The number of benzene rings is 1. The Morgan fingerprint density at radius 2 is 1.89 bits per heavy atom. The number of hydrogen-bond donors (Lipinski definition) is 1. The monoisotopic (exact) mass is 374 g/mol. The molecule has 1 aliphatic rings. The summed E-state index contributed by atoms with van der Waals surface area (Å²) in [7, 11) is 0. The number of ether oxygens (including phenoxy) is 1. The molecule has 1 aromatic carbocycles. The number of oxazole rings is 1. The molecular weight excluding hydrogens is 352 g/mol. The molecule has 1 N–H and O–H groups in total. The van der Waals surface area contributed by atoms with Gasteiger partial charge in [0.1, 0.15) is 0 Å². The van der Waals surface area contributed by atoms with Crippen LogP contribution in [-0.4, -0.2) is 29.0 Å². The minimum absolute atomic E-state index is 0.0807. The normalized spacial score (nSPS) is 14.8. The molecule has 0 saturated heterocycles. The summed E-state index contributed by atoms with van der Waals surface area (Å²) in [6, 6.07) is 6.89. The lowest BCUT2D eigenvalue weighted by Crippen LogP contribution is -2.39. The first-order valence-corrected chi connectivity index (χ1v) is 9.12. The SMILES string of the molecule is O=C(COC(=O)CCn1c(=O)oc2ccccc21)NC(=O)C1CCCCC1. The Bertz CT molecular complexity index is 891. The number of aryl methyl sites for hydroxylation is 1. The molecule has 2 aromatic rings. The van der Waals surface area contributed by atoms with Gasteiger partial charge in [-0.1, -0.05) is 31.4 Å². The summed E-state index contributed by atoms with van der Waals surface area (Å²) in [5, 5.41) is 2.28. The Morgan fingerprint density at radius 3 is 2.67 bits per heavy atom. The maximum atomic E-state index is 12.0. The molecule has 0 aliphatic heterocycles. The minimum Gasteiger partial charge on any atom is -0.456 e. The van der Waals surface area contributed by atoms with Gasteiger partial charge in [-0.05, 0) is 25.0 Å². The molecule has 1 fully saturated rings. The number of esters is 1. The first kappa shape index (κ1) is 18.9. The van der Waals surface area contributed by atoms with Gasteiger partial charge in [-0.25, -0.2) is 4.79 Å². The van der Waals surface area contributed by atoms with Crippen LogP contribution in [-0.2, 0) is 25.7 Å². The van der Waals surface area contributed by atoms with E-state index >= 15 is 0 Å². The van der Waals surface area contributed by atoms with Crippen molar-refractivity contribution in [2.75, 3.05) is 6.61 Å². The molecular formula is C19H22N2O6. The van der Waals surface area contributed by atoms with Crippen molar-refractivity contribution in [1.29, 1.82) is 0 Å². The van der Waals surface area contributed by atoms with Gasteiger partial charge in [0, 0.05) is 12.5 Å². The molecule has 0 spiro atoms. The smallest absolute Gasteiger partial charge is 0.419 e. The predicted octanol–water partition coefficient (Wildman–Crippen LogP) is 1.75. The van der Waals surface area contributed by atoms with E-state index in [0.717, 1.165) is 32.1 Å². The summed E-state index contributed by atoms with van der Waals surface area (Å²) in [5.41, 5.74) is 1.03. The average molecular weight is 374 g/mol. The highest BCUT2D eigenvalue weighted by atomic mass is 16.5. The summed E-state index contributed by atoms with van der Waals surface area (Å²) in [6.45, 7) is -0.435. The molecule has 2 amide bonds. The van der Waals surface area contributed by atoms with Crippen LogP contribution in [0.4, 0.5) is 0 Å². The third-order valence-corrected chi connectivity index (χ3v) is 4.72. The number of carbonyl (C=O) groups is 3. The van der Waals surface area contributed by atoms with E-state index < -0.39 is 24.2 Å². The zero-order chi connectivity index (χ0) is 19.2. The highest BCUT2D eigenvalue weighted by molar-refractivity contribution is 5.97. The second kappa shape index (κ2) is 8.66. The van der Waals surface area contributed by atoms with Gasteiger partial charge in [-0.3, -0.25) is 24.3 Å². The van der Waals surface area contributed by atoms with Crippen molar-refractivity contribution in [2.24, 2.45) is 5.92 Å². The number of fused-ring (bicyclic) bond motifs is 1. The Balaban J connectivity index is 1.44. The Labute approximate surface area is 155 Å². The largest absolute Gasteiger partial charge is 0.456 e. The Morgan fingerprint density at radius 1 is 1.15 bits per heavy atom. The van der Waals surface area contributed by atoms with Crippen LogP contribution in [0.1, 0.15) is 38.5 Å². The summed E-state index contributed by atoms with van der Waals surface area (Å²) in [4.78, 5) is 47.4. The molecule has 0 bridgehead atoms. The second-order valence-electron chi connectivity index (χ2n) is 6.65. The van der Waals surface area contributed by atoms with E-state index in [1.165, 1.54) is 4.57 Å². The fourth-order valence-electron chi connectivity index (χ4n) is 3.29. The standard InChI is InChI=1S/C19H22N2O6/c22-16(20-18(24)13-6-2-1-3-7-13)12-26-17(23)10-11-21-14-8-4-5-9-15(14)27-19(21)25/h4-5,8-9,13H,1-3,6-7,10-12H2,(H,20,22,24). The van der Waals surface area contributed by atoms with Crippen molar-refractivity contribution in [3.63, 3.8) is 0 Å². The van der Waals surface area contributed by atoms with Crippen LogP contribution < -0.4 is 11.1 Å². The molecule has 0 radical (unpaired) electrons. The lowest BCUT2D eigenvalue weighted by molar-refractivity contribution is -0.150. The van der Waals surface area contributed by atoms with E-state index in [4.69, 9.17) is 9.15 Å². The lowest BCUT2D eigenvalue weighted by Gasteiger charge is -2.20. The Kier molecular flexibility index (Phi) is 6.05. The summed E-state index contributed by atoms with van der Waals surface area (Å²) >= 11 is 0. The summed E-state index contributed by atoms with van der Waals surface area (Å²) < 4.78 is 11.3. The van der Waals surface area contributed by atoms with Crippen LogP contribution in [0.2, 0.25) is 0 Å². The number of imide groups is 1. The third kappa shape index (κ3) is 4.84. The molecule has 3 rings (SSSR count). The van der Waals surface area contributed by atoms with Crippen LogP contribution in [0, 0.1) is 5.92 Å². The molecule has 144 valence electrons. The van der Waals surface area contributed by atoms with Crippen molar-refractivity contribution in [3.05, 3.63) is 34.8 Å². The number of para-hydroxylation sites is 2. The van der Waals surface area contributed by atoms with Crippen molar-refractivity contribution >= 4 is 28.9 Å². The number of nitrogens with one attached hydrogen (secondary N) is 1. The van der Waals surface area contributed by atoms with Crippen molar-refractivity contribution in [1.82, 2.24) is 9.88 Å². The molecule has 1 aromatic heterocycles. The molecule has 1 heterocycles. The quantitative estimate of drug-likeness (QED) is 0.772. The molecule has 1 aliphatic carbocycles. The van der Waals surface area contributed by atoms with Crippen LogP contribution in [0.25, 0.3) is 11.1 Å². The van der Waals surface area contributed by atoms with Crippen LogP contribution in [0.3, 0.4) is 0 Å². The van der Waals surface area contributed by atoms with E-state index in [2.05, 4.69) is 5.32 Å². The maximum Gasteiger partial charge on any atom is 0.419 e. The van der Waals surface area contributed by atoms with E-state index in [-0.39, 0.29) is 24.8 Å². The number of hydrogen-bond acceptors (Lipinski definition) is 6. The van der Waals surface area contributed by atoms with Gasteiger partial charge in [0.15, 0.2) is 12.2 Å². The van der Waals surface area contributed by atoms with Gasteiger partial charge in [-0.2, -0.15) is 0 Å². The fourth-order valence-corrected chi connectivity index (χ4v) is 3.29. The predicted molar refractivity (Wildman–Crippen MR) is 95.8 cm³/mol. The average Bonchev–Trinajstić information content (AvgIpc) is 3.00. The fraction of sp³-hybridized carbons (Fsp3) is 0.474. The van der Waals surface area contributed by atoms with Gasteiger partial charge in [0.2, 0.25) is 5.91 Å². The highest BCUT2D eigenvalue weighted by Gasteiger charge is 2.23. The van der Waals surface area contributed by atoms with Crippen LogP contribution in [0.5, 0.6) is 0 Å². The van der Waals surface area contributed by atoms with Gasteiger partial charge >= 0.3 is 11.7 Å². The Hall–Kier alpha value is -2.90. The van der Waals surface area contributed by atoms with E-state index in [1.54, 1.807) is 24.3 Å². The molecule has 0 unspecified atom stereocenters.